The second kappa shape index (κ2) is 6.43. The van der Waals surface area contributed by atoms with Crippen LogP contribution in [0.4, 0.5) is 5.82 Å². The first-order chi connectivity index (χ1) is 9.10. The van der Waals surface area contributed by atoms with Gasteiger partial charge in [-0.1, -0.05) is 51.3 Å². The average Bonchev–Trinajstić information content (AvgIpc) is 2.38. The van der Waals surface area contributed by atoms with E-state index in [-0.39, 0.29) is 5.88 Å². The number of nitrogen functional groups attached to an aromatic ring is 1. The molecule has 100 valence electrons. The third-order valence-corrected chi connectivity index (χ3v) is 3.35. The van der Waals surface area contributed by atoms with Crippen molar-refractivity contribution in [3.8, 4) is 5.88 Å². The number of hydrogen-bond acceptors (Lipinski definition) is 4. The lowest BCUT2D eigenvalue weighted by Crippen LogP contribution is -2.10. The molecule has 0 atom stereocenters. The molecule has 1 heterocycles. The number of nitrogens with zero attached hydrogens (tertiary/aromatic N) is 1. The summed E-state index contributed by atoms with van der Waals surface area (Å²) >= 11 is 15.3. The maximum absolute atomic E-state index is 6.01. The molecule has 0 aliphatic rings. The second-order valence-corrected chi connectivity index (χ2v) is 5.40. The zero-order chi connectivity index (χ0) is 13.8. The largest absolute Gasteiger partial charge is 0.472 e. The molecule has 0 unspecified atom stereocenters. The van der Waals surface area contributed by atoms with Crippen LogP contribution >= 0.6 is 39.1 Å². The third kappa shape index (κ3) is 3.73. The standard InChI is InChI=1S/C12H10BrCl2N3O/c13-8-3-1-2-7(4-8)6-19-12-10(15)5-9(14)11(17-12)18-16/h1-5H,6,16H2,(H,17,18). The van der Waals surface area contributed by atoms with Gasteiger partial charge in [0, 0.05) is 4.47 Å². The highest BCUT2D eigenvalue weighted by atomic mass is 79.9. The van der Waals surface area contributed by atoms with Crippen molar-refractivity contribution in [2.75, 3.05) is 5.43 Å². The molecule has 3 N–H and O–H groups in total. The summed E-state index contributed by atoms with van der Waals surface area (Å²) in [6.07, 6.45) is 0. The SMILES string of the molecule is NNc1nc(OCc2cccc(Br)c2)c(Cl)cc1Cl. The Kier molecular flexibility index (Phi) is 4.87. The van der Waals surface area contributed by atoms with Crippen LogP contribution in [-0.4, -0.2) is 4.98 Å². The summed E-state index contributed by atoms with van der Waals surface area (Å²) in [6, 6.07) is 9.28. The number of nitrogens with one attached hydrogen (secondary N) is 1. The van der Waals surface area contributed by atoms with Gasteiger partial charge in [0.05, 0.1) is 5.02 Å². The van der Waals surface area contributed by atoms with E-state index in [1.807, 2.05) is 24.3 Å². The molecule has 2 rings (SSSR count). The highest BCUT2D eigenvalue weighted by Gasteiger charge is 2.10. The minimum atomic E-state index is 0.277. The molecule has 0 aliphatic heterocycles. The first-order valence-electron chi connectivity index (χ1n) is 5.30. The molecule has 0 spiro atoms. The van der Waals surface area contributed by atoms with Gasteiger partial charge in [-0.05, 0) is 23.8 Å². The predicted octanol–water partition coefficient (Wildman–Crippen LogP) is 4.02. The van der Waals surface area contributed by atoms with E-state index in [0.29, 0.717) is 22.5 Å². The first-order valence-corrected chi connectivity index (χ1v) is 6.85. The zero-order valence-corrected chi connectivity index (χ0v) is 12.8. The van der Waals surface area contributed by atoms with Crippen LogP contribution in [0.15, 0.2) is 34.8 Å². The Balaban J connectivity index is 2.15. The van der Waals surface area contributed by atoms with Gasteiger partial charge >= 0.3 is 0 Å². The molecule has 1 aromatic heterocycles. The predicted molar refractivity (Wildman–Crippen MR) is 80.5 cm³/mol. The van der Waals surface area contributed by atoms with Gasteiger partial charge < -0.3 is 10.2 Å². The molecule has 7 heteroatoms. The Bertz CT molecular complexity index is 595. The summed E-state index contributed by atoms with van der Waals surface area (Å²) in [7, 11) is 0. The summed E-state index contributed by atoms with van der Waals surface area (Å²) < 4.78 is 6.54. The fraction of sp³-hybridized carbons (Fsp3) is 0.0833. The van der Waals surface area contributed by atoms with E-state index >= 15 is 0 Å². The summed E-state index contributed by atoms with van der Waals surface area (Å²) in [5.41, 5.74) is 3.37. The Morgan fingerprint density at radius 3 is 2.74 bits per heavy atom. The lowest BCUT2D eigenvalue weighted by molar-refractivity contribution is 0.294. The summed E-state index contributed by atoms with van der Waals surface area (Å²) in [6.45, 7) is 0.345. The minimum Gasteiger partial charge on any atom is -0.472 e. The summed E-state index contributed by atoms with van der Waals surface area (Å²) in [5, 5.41) is 0.668. The van der Waals surface area contributed by atoms with Gasteiger partial charge in [-0.25, -0.2) is 5.84 Å². The molecule has 0 saturated heterocycles. The van der Waals surface area contributed by atoms with E-state index < -0.39 is 0 Å². The molecule has 0 saturated carbocycles. The highest BCUT2D eigenvalue weighted by molar-refractivity contribution is 9.10. The van der Waals surface area contributed by atoms with Crippen molar-refractivity contribution < 1.29 is 4.74 Å². The zero-order valence-electron chi connectivity index (χ0n) is 9.66. The molecular formula is C12H10BrCl2N3O. The average molecular weight is 363 g/mol. The van der Waals surface area contributed by atoms with Crippen LogP contribution in [0.2, 0.25) is 10.0 Å². The van der Waals surface area contributed by atoms with Crippen molar-refractivity contribution in [3.05, 3.63) is 50.4 Å². The molecule has 0 bridgehead atoms. The number of rotatable bonds is 4. The normalized spacial score (nSPS) is 10.3. The van der Waals surface area contributed by atoms with Gasteiger partial charge in [0.2, 0.25) is 5.88 Å². The molecule has 2 aromatic rings. The van der Waals surface area contributed by atoms with Crippen LogP contribution in [0.5, 0.6) is 5.88 Å². The lowest BCUT2D eigenvalue weighted by Gasteiger charge is -2.10. The third-order valence-electron chi connectivity index (χ3n) is 2.30. The van der Waals surface area contributed by atoms with E-state index in [2.05, 4.69) is 26.3 Å². The first kappa shape index (κ1) is 14.4. The van der Waals surface area contributed by atoms with Gasteiger partial charge in [0.25, 0.3) is 0 Å². The Morgan fingerprint density at radius 1 is 1.26 bits per heavy atom. The smallest absolute Gasteiger partial charge is 0.235 e. The van der Waals surface area contributed by atoms with Gasteiger partial charge in [-0.2, -0.15) is 4.98 Å². The van der Waals surface area contributed by atoms with Crippen molar-refractivity contribution in [2.24, 2.45) is 5.84 Å². The van der Waals surface area contributed by atoms with Crippen LogP contribution in [0.3, 0.4) is 0 Å². The fourth-order valence-corrected chi connectivity index (χ4v) is 2.34. The maximum Gasteiger partial charge on any atom is 0.235 e. The Hall–Kier alpha value is -1.01. The number of anilines is 1. The minimum absolute atomic E-state index is 0.277. The number of aromatic nitrogens is 1. The van der Waals surface area contributed by atoms with E-state index in [1.165, 1.54) is 6.07 Å². The molecule has 0 amide bonds. The van der Waals surface area contributed by atoms with Crippen molar-refractivity contribution in [2.45, 2.75) is 6.61 Å². The number of nitrogens with two attached hydrogens (primary N) is 1. The van der Waals surface area contributed by atoms with Crippen molar-refractivity contribution in [1.82, 2.24) is 4.98 Å². The monoisotopic (exact) mass is 361 g/mol. The number of pyridine rings is 1. The van der Waals surface area contributed by atoms with Gasteiger partial charge in [0.15, 0.2) is 5.82 Å². The van der Waals surface area contributed by atoms with Crippen LogP contribution in [0, 0.1) is 0 Å². The maximum atomic E-state index is 6.01. The molecule has 0 fully saturated rings. The second-order valence-electron chi connectivity index (χ2n) is 3.67. The van der Waals surface area contributed by atoms with Crippen LogP contribution in [0.1, 0.15) is 5.56 Å². The van der Waals surface area contributed by atoms with Crippen molar-refractivity contribution >= 4 is 44.9 Å². The lowest BCUT2D eigenvalue weighted by atomic mass is 10.2. The molecule has 1 aromatic carbocycles. The summed E-state index contributed by atoms with van der Waals surface area (Å²) in [4.78, 5) is 4.09. The summed E-state index contributed by atoms with van der Waals surface area (Å²) in [5.74, 6) is 5.89. The molecular weight excluding hydrogens is 353 g/mol. The fourth-order valence-electron chi connectivity index (χ4n) is 1.43. The van der Waals surface area contributed by atoms with Gasteiger partial charge in [0.1, 0.15) is 11.6 Å². The number of benzene rings is 1. The van der Waals surface area contributed by atoms with Crippen molar-refractivity contribution in [3.63, 3.8) is 0 Å². The van der Waals surface area contributed by atoms with Crippen LogP contribution < -0.4 is 16.0 Å². The van der Waals surface area contributed by atoms with Gasteiger partial charge in [-0.15, -0.1) is 0 Å². The topological polar surface area (TPSA) is 60.2 Å². The number of hydrazine groups is 1. The Morgan fingerprint density at radius 2 is 2.05 bits per heavy atom. The molecule has 0 aliphatic carbocycles. The van der Waals surface area contributed by atoms with E-state index in [4.69, 9.17) is 33.8 Å². The molecule has 19 heavy (non-hydrogen) atoms. The van der Waals surface area contributed by atoms with E-state index in [9.17, 15) is 0 Å². The van der Waals surface area contributed by atoms with Crippen LogP contribution in [-0.2, 0) is 6.61 Å². The van der Waals surface area contributed by atoms with Crippen LogP contribution in [0.25, 0.3) is 0 Å². The van der Waals surface area contributed by atoms with E-state index in [0.717, 1.165) is 10.0 Å². The highest BCUT2D eigenvalue weighted by Crippen LogP contribution is 2.30. The van der Waals surface area contributed by atoms with Gasteiger partial charge in [-0.3, -0.25) is 0 Å². The number of hydrogen-bond donors (Lipinski definition) is 2. The Labute approximate surface area is 129 Å². The molecule has 4 nitrogen and oxygen atoms in total. The molecule has 0 radical (unpaired) electrons. The number of ether oxygens (including phenoxy) is 1. The van der Waals surface area contributed by atoms with E-state index in [1.54, 1.807) is 0 Å². The van der Waals surface area contributed by atoms with Crippen molar-refractivity contribution in [1.29, 1.82) is 0 Å². The number of halogens is 3. The quantitative estimate of drug-likeness (QED) is 0.637.